The van der Waals surface area contributed by atoms with Crippen molar-refractivity contribution >= 4 is 38.5 Å². The van der Waals surface area contributed by atoms with Crippen molar-refractivity contribution in [3.63, 3.8) is 0 Å². The van der Waals surface area contributed by atoms with Gasteiger partial charge in [0.2, 0.25) is 5.95 Å². The average Bonchev–Trinajstić information content (AvgIpc) is 3.14. The minimum absolute atomic E-state index is 0.264. The fraction of sp³-hybridized carbons (Fsp3) is 0.105. The SMILES string of the molecule is COc1cccc(OC)c1-c1ccc(C[C@H](NC(=O)c2c(F)cc(NS(=O)(=O)c3ccc(-c4ccnc(F)c4)cc3)cc2F)C(=O)O)c2ncccc12. The normalized spacial score (nSPS) is 11.9. The van der Waals surface area contributed by atoms with Gasteiger partial charge in [-0.1, -0.05) is 36.4 Å². The van der Waals surface area contributed by atoms with Crippen molar-refractivity contribution in [2.24, 2.45) is 0 Å². The lowest BCUT2D eigenvalue weighted by molar-refractivity contribution is -0.139. The van der Waals surface area contributed by atoms with E-state index in [-0.39, 0.29) is 11.3 Å². The average molecular weight is 743 g/mol. The third kappa shape index (κ3) is 7.60. The summed E-state index contributed by atoms with van der Waals surface area (Å²) in [6, 6.07) is 19.7. The molecule has 53 heavy (non-hydrogen) atoms. The van der Waals surface area contributed by atoms with E-state index >= 15 is 8.78 Å². The highest BCUT2D eigenvalue weighted by atomic mass is 32.2. The Hall–Kier alpha value is -6.48. The Balaban J connectivity index is 1.22. The van der Waals surface area contributed by atoms with E-state index < -0.39 is 56.8 Å². The lowest BCUT2D eigenvalue weighted by Crippen LogP contribution is -2.43. The summed E-state index contributed by atoms with van der Waals surface area (Å²) in [5, 5.41) is 12.8. The Kier molecular flexibility index (Phi) is 10.3. The molecule has 2 aromatic heterocycles. The van der Waals surface area contributed by atoms with Gasteiger partial charge in [0.25, 0.3) is 15.9 Å². The summed E-state index contributed by atoms with van der Waals surface area (Å²) in [5.41, 5.74) is 1.44. The lowest BCUT2D eigenvalue weighted by atomic mass is 9.94. The summed E-state index contributed by atoms with van der Waals surface area (Å²) in [7, 11) is -1.34. The zero-order valence-electron chi connectivity index (χ0n) is 27.9. The number of methoxy groups -OCH3 is 2. The lowest BCUT2D eigenvalue weighted by Gasteiger charge is -2.19. The molecule has 6 rings (SSSR count). The van der Waals surface area contributed by atoms with E-state index in [1.165, 1.54) is 63.0 Å². The van der Waals surface area contributed by atoms with E-state index in [0.717, 1.165) is 0 Å². The van der Waals surface area contributed by atoms with Crippen molar-refractivity contribution in [3.05, 3.63) is 132 Å². The van der Waals surface area contributed by atoms with Crippen LogP contribution < -0.4 is 19.5 Å². The number of ether oxygens (including phenoxy) is 2. The topological polar surface area (TPSA) is 157 Å². The Morgan fingerprint density at radius 2 is 1.49 bits per heavy atom. The molecule has 0 aliphatic rings. The van der Waals surface area contributed by atoms with Crippen LogP contribution in [-0.2, 0) is 21.2 Å². The minimum Gasteiger partial charge on any atom is -0.496 e. The van der Waals surface area contributed by atoms with Gasteiger partial charge in [0.05, 0.1) is 35.9 Å². The Labute approximate surface area is 301 Å². The molecule has 1 amide bonds. The molecule has 6 aromatic rings. The number of fused-ring (bicyclic) bond motifs is 1. The van der Waals surface area contributed by atoms with Gasteiger partial charge in [-0.25, -0.2) is 27.0 Å². The van der Waals surface area contributed by atoms with Crippen molar-refractivity contribution in [2.75, 3.05) is 18.9 Å². The largest absolute Gasteiger partial charge is 0.496 e. The van der Waals surface area contributed by atoms with Gasteiger partial charge in [0, 0.05) is 30.3 Å². The molecule has 0 aliphatic heterocycles. The molecule has 3 N–H and O–H groups in total. The quantitative estimate of drug-likeness (QED) is 0.117. The smallest absolute Gasteiger partial charge is 0.326 e. The van der Waals surface area contributed by atoms with Crippen LogP contribution in [0.15, 0.2) is 108 Å². The molecule has 0 spiro atoms. The molecule has 15 heteroatoms. The van der Waals surface area contributed by atoms with E-state index in [1.807, 2.05) is 0 Å². The van der Waals surface area contributed by atoms with E-state index in [9.17, 15) is 27.5 Å². The number of anilines is 1. The number of nitrogens with zero attached hydrogens (tertiary/aromatic N) is 2. The van der Waals surface area contributed by atoms with Gasteiger partial charge < -0.3 is 19.9 Å². The molecule has 1 atom stereocenters. The van der Waals surface area contributed by atoms with Crippen LogP contribution in [-0.4, -0.2) is 55.6 Å². The van der Waals surface area contributed by atoms with Crippen molar-refractivity contribution in [1.82, 2.24) is 15.3 Å². The molecule has 0 radical (unpaired) electrons. The number of rotatable bonds is 12. The molecule has 270 valence electrons. The first kappa shape index (κ1) is 36.3. The molecule has 2 heterocycles. The van der Waals surface area contributed by atoms with E-state index in [0.29, 0.717) is 62.4 Å². The van der Waals surface area contributed by atoms with Crippen molar-refractivity contribution in [2.45, 2.75) is 17.4 Å². The highest BCUT2D eigenvalue weighted by molar-refractivity contribution is 7.92. The van der Waals surface area contributed by atoms with Crippen LogP contribution in [0, 0.1) is 17.6 Å². The maximum absolute atomic E-state index is 15.3. The van der Waals surface area contributed by atoms with Crippen LogP contribution in [0.2, 0.25) is 0 Å². The predicted octanol–water partition coefficient (Wildman–Crippen LogP) is 6.62. The first-order chi connectivity index (χ1) is 25.4. The number of nitrogens with one attached hydrogen (secondary N) is 2. The fourth-order valence-corrected chi connectivity index (χ4v) is 6.89. The third-order valence-electron chi connectivity index (χ3n) is 8.32. The fourth-order valence-electron chi connectivity index (χ4n) is 5.85. The molecule has 0 saturated heterocycles. The highest BCUT2D eigenvalue weighted by Gasteiger charge is 2.28. The van der Waals surface area contributed by atoms with Crippen LogP contribution in [0.25, 0.3) is 33.2 Å². The number of halogens is 3. The van der Waals surface area contributed by atoms with Gasteiger partial charge in [-0.2, -0.15) is 4.39 Å². The maximum Gasteiger partial charge on any atom is 0.326 e. The number of hydrogen-bond donors (Lipinski definition) is 3. The number of carboxylic acid groups (broad SMARTS) is 1. The Bertz CT molecular complexity index is 2440. The Morgan fingerprint density at radius 1 is 0.811 bits per heavy atom. The number of sulfonamides is 1. The van der Waals surface area contributed by atoms with Gasteiger partial charge in [-0.3, -0.25) is 14.5 Å². The standard InChI is InChI=1S/C38H29F3N4O7S/c1-51-31-6-3-7-32(52-2)34(31)26-13-10-23(36-27(26)5-4-15-43-36)17-30(38(47)48)44-37(46)35-28(39)19-24(20-29(35)40)45-53(49,50)25-11-8-21(9-12-25)22-14-16-42-33(41)18-22/h3-16,18-20,30,45H,17H2,1-2H3,(H,44,46)(H,47,48)/t30-/m0/s1. The van der Waals surface area contributed by atoms with Gasteiger partial charge in [-0.05, 0) is 70.8 Å². The van der Waals surface area contributed by atoms with Gasteiger partial charge in [0.15, 0.2) is 0 Å². The summed E-state index contributed by atoms with van der Waals surface area (Å²) in [4.78, 5) is 33.2. The van der Waals surface area contributed by atoms with Gasteiger partial charge in [-0.15, -0.1) is 0 Å². The van der Waals surface area contributed by atoms with Crippen LogP contribution >= 0.6 is 0 Å². The second kappa shape index (κ2) is 15.0. The summed E-state index contributed by atoms with van der Waals surface area (Å²) >= 11 is 0. The molecule has 0 aliphatic carbocycles. The van der Waals surface area contributed by atoms with Crippen molar-refractivity contribution < 1.29 is 45.8 Å². The number of aromatic nitrogens is 2. The monoisotopic (exact) mass is 742 g/mol. The predicted molar refractivity (Wildman–Crippen MR) is 190 cm³/mol. The van der Waals surface area contributed by atoms with Gasteiger partial charge in [0.1, 0.15) is 34.7 Å². The van der Waals surface area contributed by atoms with Crippen molar-refractivity contribution in [3.8, 4) is 33.8 Å². The molecular formula is C38H29F3N4O7S. The molecule has 0 fully saturated rings. The summed E-state index contributed by atoms with van der Waals surface area (Å²) in [6.45, 7) is 0. The number of hydrogen-bond acceptors (Lipinski definition) is 8. The zero-order chi connectivity index (χ0) is 37.9. The van der Waals surface area contributed by atoms with Gasteiger partial charge >= 0.3 is 5.97 Å². The minimum atomic E-state index is -4.37. The number of amides is 1. The number of carbonyl (C=O) groups excluding carboxylic acids is 1. The molecule has 11 nitrogen and oxygen atoms in total. The number of benzene rings is 4. The summed E-state index contributed by atoms with van der Waals surface area (Å²) < 4.78 is 83.3. The second-order valence-corrected chi connectivity index (χ2v) is 13.3. The van der Waals surface area contributed by atoms with Crippen molar-refractivity contribution in [1.29, 1.82) is 0 Å². The van der Waals surface area contributed by atoms with Crippen LogP contribution in [0.5, 0.6) is 11.5 Å². The van der Waals surface area contributed by atoms with Crippen LogP contribution in [0.3, 0.4) is 0 Å². The van der Waals surface area contributed by atoms with E-state index in [4.69, 9.17) is 9.47 Å². The Morgan fingerprint density at radius 3 is 2.11 bits per heavy atom. The molecular weight excluding hydrogens is 714 g/mol. The van der Waals surface area contributed by atoms with Crippen LogP contribution in [0.1, 0.15) is 15.9 Å². The molecule has 0 unspecified atom stereocenters. The number of aliphatic carboxylic acids is 1. The number of pyridine rings is 2. The van der Waals surface area contributed by atoms with Crippen LogP contribution in [0.4, 0.5) is 18.9 Å². The third-order valence-corrected chi connectivity index (χ3v) is 9.72. The number of carboxylic acids is 1. The second-order valence-electron chi connectivity index (χ2n) is 11.6. The first-order valence-electron chi connectivity index (χ1n) is 15.8. The zero-order valence-corrected chi connectivity index (χ0v) is 28.7. The molecule has 0 saturated carbocycles. The molecule has 0 bridgehead atoms. The van der Waals surface area contributed by atoms with E-state index in [1.54, 1.807) is 42.5 Å². The maximum atomic E-state index is 15.3. The highest BCUT2D eigenvalue weighted by Crippen LogP contribution is 2.42. The molecule has 4 aromatic carbocycles. The summed E-state index contributed by atoms with van der Waals surface area (Å²) in [5.74, 6) is -5.42. The summed E-state index contributed by atoms with van der Waals surface area (Å²) in [6.07, 6.45) is 2.46. The first-order valence-corrected chi connectivity index (χ1v) is 17.2. The van der Waals surface area contributed by atoms with E-state index in [2.05, 4.69) is 20.0 Å². The number of carbonyl (C=O) groups is 2.